The van der Waals surface area contributed by atoms with Gasteiger partial charge in [0.25, 0.3) is 0 Å². The Balaban J connectivity index is 3.44. The first-order valence-corrected chi connectivity index (χ1v) is 6.97. The monoisotopic (exact) mass is 286 g/mol. The molecule has 0 heterocycles. The Morgan fingerprint density at radius 2 is 1.53 bits per heavy atom. The summed E-state index contributed by atoms with van der Waals surface area (Å²) in [6.45, 7) is 3.18. The van der Waals surface area contributed by atoms with Crippen molar-refractivity contribution in [1.29, 1.82) is 0 Å². The van der Waals surface area contributed by atoms with Gasteiger partial charge in [0.15, 0.2) is 5.25 Å². The lowest BCUT2D eigenvalue weighted by atomic mass is 10.0. The molecule has 1 unspecified atom stereocenters. The highest BCUT2D eigenvalue weighted by Gasteiger charge is 2.49. The fraction of sp³-hybridized carbons (Fsp3) is 0.400. The van der Waals surface area contributed by atoms with Crippen molar-refractivity contribution in [3.05, 3.63) is 34.9 Å². The van der Waals surface area contributed by atoms with Crippen LogP contribution >= 0.6 is 10.7 Å². The topological polar surface area (TPSA) is 34.1 Å². The van der Waals surface area contributed by atoms with Gasteiger partial charge in [-0.25, -0.2) is 8.42 Å². The molecule has 7 heteroatoms. The van der Waals surface area contributed by atoms with Gasteiger partial charge in [-0.1, -0.05) is 29.3 Å². The van der Waals surface area contributed by atoms with Crippen molar-refractivity contribution in [2.75, 3.05) is 0 Å². The molecule has 1 aromatic carbocycles. The molecule has 1 rings (SSSR count). The van der Waals surface area contributed by atoms with E-state index in [2.05, 4.69) is 0 Å². The summed E-state index contributed by atoms with van der Waals surface area (Å²) in [4.78, 5) is 0. The predicted molar refractivity (Wildman–Crippen MR) is 59.5 cm³/mol. The van der Waals surface area contributed by atoms with Crippen LogP contribution in [0.4, 0.5) is 13.2 Å². The van der Waals surface area contributed by atoms with E-state index in [1.165, 1.54) is 12.1 Å². The second-order valence-corrected chi connectivity index (χ2v) is 6.53. The molecular formula is C10H10ClF3O2S. The summed E-state index contributed by atoms with van der Waals surface area (Å²) in [7, 11) is 0.113. The molecule has 1 atom stereocenters. The average molecular weight is 287 g/mol. The van der Waals surface area contributed by atoms with Crippen LogP contribution in [0.5, 0.6) is 0 Å². The summed E-state index contributed by atoms with van der Waals surface area (Å²) in [5.74, 6) is 0. The highest BCUT2D eigenvalue weighted by atomic mass is 35.7. The van der Waals surface area contributed by atoms with E-state index in [1.54, 1.807) is 19.9 Å². The van der Waals surface area contributed by atoms with E-state index in [4.69, 9.17) is 10.7 Å². The van der Waals surface area contributed by atoms with Crippen molar-refractivity contribution < 1.29 is 21.6 Å². The molecule has 17 heavy (non-hydrogen) atoms. The number of halogens is 4. The molecule has 0 aliphatic carbocycles. The maximum absolute atomic E-state index is 12.7. The summed E-state index contributed by atoms with van der Waals surface area (Å²) in [5.41, 5.74) is 0.745. The number of hydrogen-bond donors (Lipinski definition) is 0. The first-order valence-electron chi connectivity index (χ1n) is 4.60. The van der Waals surface area contributed by atoms with E-state index in [9.17, 15) is 21.6 Å². The largest absolute Gasteiger partial charge is 0.410 e. The molecule has 0 radical (unpaired) electrons. The highest BCUT2D eigenvalue weighted by molar-refractivity contribution is 8.14. The van der Waals surface area contributed by atoms with Gasteiger partial charge in [-0.15, -0.1) is 0 Å². The second-order valence-electron chi connectivity index (χ2n) is 3.82. The Hall–Kier alpha value is -0.750. The smallest absolute Gasteiger partial charge is 0.211 e. The lowest BCUT2D eigenvalue weighted by molar-refractivity contribution is -0.131. The van der Waals surface area contributed by atoms with Crippen molar-refractivity contribution >= 4 is 19.7 Å². The number of aryl methyl sites for hydroxylation is 2. The Bertz CT molecular complexity index is 503. The van der Waals surface area contributed by atoms with Gasteiger partial charge in [0.05, 0.1) is 0 Å². The van der Waals surface area contributed by atoms with Gasteiger partial charge in [0.2, 0.25) is 9.05 Å². The van der Waals surface area contributed by atoms with Crippen molar-refractivity contribution in [2.45, 2.75) is 25.3 Å². The number of alkyl halides is 3. The molecule has 96 valence electrons. The second kappa shape index (κ2) is 4.49. The minimum absolute atomic E-state index is 0.356. The quantitative estimate of drug-likeness (QED) is 0.780. The minimum atomic E-state index is -4.93. The fourth-order valence-electron chi connectivity index (χ4n) is 1.67. The summed E-state index contributed by atoms with van der Waals surface area (Å²) in [6.07, 6.45) is -4.93. The van der Waals surface area contributed by atoms with Crippen molar-refractivity contribution in [3.8, 4) is 0 Å². The third-order valence-corrected chi connectivity index (χ3v) is 3.76. The summed E-state index contributed by atoms with van der Waals surface area (Å²) in [6, 6.07) is 3.99. The van der Waals surface area contributed by atoms with Crippen LogP contribution in [0.15, 0.2) is 18.2 Å². The van der Waals surface area contributed by atoms with Gasteiger partial charge in [-0.05, 0) is 19.4 Å². The third kappa shape index (κ3) is 3.61. The SMILES string of the molecule is Cc1cc(C)cc(C(C(F)(F)F)S(=O)(=O)Cl)c1. The first kappa shape index (κ1) is 14.3. The summed E-state index contributed by atoms with van der Waals surface area (Å²) < 4.78 is 60.2. The number of benzene rings is 1. The van der Waals surface area contributed by atoms with Crippen molar-refractivity contribution in [3.63, 3.8) is 0 Å². The average Bonchev–Trinajstić information content (AvgIpc) is 1.93. The molecule has 1 aromatic rings. The van der Waals surface area contributed by atoms with Crippen LogP contribution in [0.2, 0.25) is 0 Å². The molecule has 0 fully saturated rings. The normalized spacial score (nSPS) is 14.7. The predicted octanol–water partition coefficient (Wildman–Crippen LogP) is 3.48. The molecule has 0 aliphatic rings. The molecule has 0 bridgehead atoms. The van der Waals surface area contributed by atoms with Crippen LogP contribution < -0.4 is 0 Å². The third-order valence-electron chi connectivity index (χ3n) is 2.13. The molecule has 2 nitrogen and oxygen atoms in total. The van der Waals surface area contributed by atoms with Crippen LogP contribution in [0, 0.1) is 13.8 Å². The molecule has 0 aliphatic heterocycles. The van der Waals surface area contributed by atoms with E-state index in [0.717, 1.165) is 0 Å². The van der Waals surface area contributed by atoms with Crippen molar-refractivity contribution in [1.82, 2.24) is 0 Å². The van der Waals surface area contributed by atoms with E-state index in [1.807, 2.05) is 0 Å². The fourth-order valence-corrected chi connectivity index (χ4v) is 3.06. The Morgan fingerprint density at radius 3 is 1.82 bits per heavy atom. The maximum Gasteiger partial charge on any atom is 0.410 e. The summed E-state index contributed by atoms with van der Waals surface area (Å²) in [5, 5.41) is -2.68. The maximum atomic E-state index is 12.7. The van der Waals surface area contributed by atoms with Crippen LogP contribution in [0.1, 0.15) is 21.9 Å². The molecule has 0 spiro atoms. The molecule has 0 saturated carbocycles. The minimum Gasteiger partial charge on any atom is -0.211 e. The zero-order valence-corrected chi connectivity index (χ0v) is 10.6. The lowest BCUT2D eigenvalue weighted by Crippen LogP contribution is -2.26. The van der Waals surface area contributed by atoms with Crippen LogP contribution in [-0.4, -0.2) is 14.6 Å². The molecule has 0 saturated heterocycles. The Kier molecular flexibility index (Phi) is 3.78. The lowest BCUT2D eigenvalue weighted by Gasteiger charge is -2.18. The molecular weight excluding hydrogens is 277 g/mol. The molecule has 0 amide bonds. The standard InChI is InChI=1S/C10H10ClF3O2S/c1-6-3-7(2)5-8(4-6)9(10(12,13)14)17(11,15)16/h3-5,9H,1-2H3. The first-order chi connectivity index (χ1) is 7.51. The number of rotatable bonds is 2. The van der Waals surface area contributed by atoms with Gasteiger partial charge in [0, 0.05) is 10.7 Å². The van der Waals surface area contributed by atoms with E-state index in [-0.39, 0.29) is 5.56 Å². The zero-order chi connectivity index (χ0) is 13.4. The van der Waals surface area contributed by atoms with E-state index in [0.29, 0.717) is 11.1 Å². The van der Waals surface area contributed by atoms with Gasteiger partial charge in [-0.2, -0.15) is 13.2 Å². The van der Waals surface area contributed by atoms with Gasteiger partial charge >= 0.3 is 6.18 Å². The van der Waals surface area contributed by atoms with Crippen molar-refractivity contribution in [2.24, 2.45) is 0 Å². The van der Waals surface area contributed by atoms with Crippen LogP contribution in [0.25, 0.3) is 0 Å². The van der Waals surface area contributed by atoms with E-state index < -0.39 is 20.5 Å². The van der Waals surface area contributed by atoms with Gasteiger partial charge in [-0.3, -0.25) is 0 Å². The van der Waals surface area contributed by atoms with Gasteiger partial charge < -0.3 is 0 Å². The van der Waals surface area contributed by atoms with E-state index >= 15 is 0 Å². The Morgan fingerprint density at radius 1 is 1.12 bits per heavy atom. The highest BCUT2D eigenvalue weighted by Crippen LogP contribution is 2.41. The number of hydrogen-bond acceptors (Lipinski definition) is 2. The van der Waals surface area contributed by atoms with Crippen LogP contribution in [0.3, 0.4) is 0 Å². The molecule has 0 aromatic heterocycles. The van der Waals surface area contributed by atoms with Gasteiger partial charge in [0.1, 0.15) is 0 Å². The Labute approximate surface area is 102 Å². The summed E-state index contributed by atoms with van der Waals surface area (Å²) >= 11 is 0. The van der Waals surface area contributed by atoms with Crippen LogP contribution in [-0.2, 0) is 9.05 Å². The zero-order valence-electron chi connectivity index (χ0n) is 9.05. The molecule has 0 N–H and O–H groups in total.